The van der Waals surface area contributed by atoms with Crippen LogP contribution in [-0.2, 0) is 18.5 Å². The van der Waals surface area contributed by atoms with Gasteiger partial charge in [-0.05, 0) is 52.9 Å². The van der Waals surface area contributed by atoms with Crippen LogP contribution < -0.4 is 5.63 Å². The normalized spacial score (nSPS) is 11.1. The molecule has 0 N–H and O–H groups in total. The minimum absolute atomic E-state index is 0.288. The Bertz CT molecular complexity index is 899. The summed E-state index contributed by atoms with van der Waals surface area (Å²) in [6.45, 7) is 0. The van der Waals surface area contributed by atoms with Crippen molar-refractivity contribution in [1.29, 1.82) is 0 Å². The summed E-state index contributed by atoms with van der Waals surface area (Å²) in [5.74, 6) is 0. The van der Waals surface area contributed by atoms with Gasteiger partial charge in [0, 0.05) is 5.39 Å². The van der Waals surface area contributed by atoms with Gasteiger partial charge in [-0.15, -0.1) is 27.7 Å². The lowest BCUT2D eigenvalue weighted by atomic mass is 10.0. The summed E-state index contributed by atoms with van der Waals surface area (Å²) in [7, 11) is 8.23. The van der Waals surface area contributed by atoms with Crippen LogP contribution in [0.5, 0.6) is 0 Å². The van der Waals surface area contributed by atoms with Crippen molar-refractivity contribution in [1.82, 2.24) is 0 Å². The quantitative estimate of drug-likeness (QED) is 0.503. The maximum atomic E-state index is 12.4. The Labute approximate surface area is 142 Å². The summed E-state index contributed by atoms with van der Waals surface area (Å²) in [6.07, 6.45) is 2.62. The second-order valence-corrected chi connectivity index (χ2v) is 6.60. The highest BCUT2D eigenvalue weighted by Crippen LogP contribution is 2.29. The van der Waals surface area contributed by atoms with Gasteiger partial charge in [0.05, 0.1) is 5.56 Å². The topological polar surface area (TPSA) is 30.2 Å². The van der Waals surface area contributed by atoms with E-state index in [0.29, 0.717) is 11.1 Å². The average Bonchev–Trinajstić information content (AvgIpc) is 2.60. The molecular weight excluding hydrogens is 341 g/mol. The maximum Gasteiger partial charge on any atom is 0.344 e. The van der Waals surface area contributed by atoms with Crippen LogP contribution in [0.1, 0.15) is 16.7 Å². The zero-order valence-corrected chi connectivity index (χ0v) is 16.2. The molecule has 0 aliphatic heterocycles. The van der Waals surface area contributed by atoms with Crippen molar-refractivity contribution < 1.29 is 4.42 Å². The summed E-state index contributed by atoms with van der Waals surface area (Å²) in [6, 6.07) is 13.9. The molecule has 23 heavy (non-hydrogen) atoms. The highest BCUT2D eigenvalue weighted by molar-refractivity contribution is 7.16. The standard InChI is InChI=1S/C18H19O2P3/c19-18-14(12-3-1-11(8-21)2-4-12)7-15-16(10-23)13(9-22)5-6-17(15)20-18/h1-7H,8-10,21-23H2. The minimum atomic E-state index is -0.288. The lowest BCUT2D eigenvalue weighted by molar-refractivity contribution is 0.563. The van der Waals surface area contributed by atoms with E-state index in [2.05, 4.69) is 27.7 Å². The van der Waals surface area contributed by atoms with Crippen LogP contribution in [0, 0.1) is 0 Å². The van der Waals surface area contributed by atoms with Crippen LogP contribution in [-0.4, -0.2) is 0 Å². The Hall–Kier alpha value is -1.06. The van der Waals surface area contributed by atoms with E-state index in [9.17, 15) is 4.79 Å². The first kappa shape index (κ1) is 16.8. The molecule has 3 atom stereocenters. The fourth-order valence-corrected chi connectivity index (χ4v) is 3.88. The van der Waals surface area contributed by atoms with Crippen molar-refractivity contribution in [3.63, 3.8) is 0 Å². The van der Waals surface area contributed by atoms with Gasteiger partial charge in [0.1, 0.15) is 5.58 Å². The Kier molecular flexibility index (Phi) is 5.27. The lowest BCUT2D eigenvalue weighted by Crippen LogP contribution is -2.04. The summed E-state index contributed by atoms with van der Waals surface area (Å²) in [5, 5.41) is 1.02. The van der Waals surface area contributed by atoms with Gasteiger partial charge < -0.3 is 4.42 Å². The Morgan fingerprint density at radius 2 is 1.61 bits per heavy atom. The zero-order chi connectivity index (χ0) is 16.4. The van der Waals surface area contributed by atoms with E-state index in [-0.39, 0.29) is 5.63 Å². The Morgan fingerprint density at radius 1 is 0.870 bits per heavy atom. The van der Waals surface area contributed by atoms with E-state index >= 15 is 0 Å². The predicted molar refractivity (Wildman–Crippen MR) is 108 cm³/mol. The van der Waals surface area contributed by atoms with Crippen molar-refractivity contribution in [2.24, 2.45) is 0 Å². The Balaban J connectivity index is 2.24. The van der Waals surface area contributed by atoms with Gasteiger partial charge in [-0.1, -0.05) is 30.3 Å². The maximum absolute atomic E-state index is 12.4. The third kappa shape index (κ3) is 3.27. The lowest BCUT2D eigenvalue weighted by Gasteiger charge is -2.10. The second-order valence-electron chi connectivity index (χ2n) is 5.37. The van der Waals surface area contributed by atoms with Gasteiger partial charge in [0.25, 0.3) is 0 Å². The molecule has 0 fully saturated rings. The first-order valence-electron chi connectivity index (χ1n) is 7.46. The van der Waals surface area contributed by atoms with Gasteiger partial charge in [0.15, 0.2) is 0 Å². The highest BCUT2D eigenvalue weighted by Gasteiger charge is 2.12. The van der Waals surface area contributed by atoms with Crippen LogP contribution in [0.2, 0.25) is 0 Å². The van der Waals surface area contributed by atoms with Crippen LogP contribution in [0.15, 0.2) is 51.7 Å². The van der Waals surface area contributed by atoms with Gasteiger partial charge >= 0.3 is 5.63 Å². The van der Waals surface area contributed by atoms with E-state index in [0.717, 1.165) is 29.4 Å². The molecule has 0 amide bonds. The van der Waals surface area contributed by atoms with Gasteiger partial charge in [0.2, 0.25) is 0 Å². The first-order valence-corrected chi connectivity index (χ1v) is 9.91. The molecule has 0 aliphatic rings. The molecule has 2 nitrogen and oxygen atoms in total. The van der Waals surface area contributed by atoms with Crippen molar-refractivity contribution >= 4 is 38.7 Å². The fraction of sp³-hybridized carbons (Fsp3) is 0.167. The van der Waals surface area contributed by atoms with E-state index in [1.807, 2.05) is 42.5 Å². The largest absolute Gasteiger partial charge is 0.422 e. The molecule has 2 aromatic carbocycles. The molecular formula is C18H19O2P3. The molecule has 0 saturated carbocycles. The van der Waals surface area contributed by atoms with Gasteiger partial charge in [-0.3, -0.25) is 0 Å². The van der Waals surface area contributed by atoms with E-state index in [1.165, 1.54) is 16.7 Å². The summed E-state index contributed by atoms with van der Waals surface area (Å²) >= 11 is 0. The minimum Gasteiger partial charge on any atom is -0.422 e. The van der Waals surface area contributed by atoms with Gasteiger partial charge in [-0.25, -0.2) is 4.79 Å². The summed E-state index contributed by atoms with van der Waals surface area (Å²) in [4.78, 5) is 12.4. The first-order chi connectivity index (χ1) is 11.2. The molecule has 0 bridgehead atoms. The van der Waals surface area contributed by atoms with Crippen LogP contribution in [0.4, 0.5) is 0 Å². The predicted octanol–water partition coefficient (Wildman–Crippen LogP) is 4.59. The number of benzene rings is 2. The molecule has 5 heteroatoms. The number of fused-ring (bicyclic) bond motifs is 1. The third-order valence-electron chi connectivity index (χ3n) is 4.05. The molecule has 1 heterocycles. The Morgan fingerprint density at radius 3 is 2.22 bits per heavy atom. The van der Waals surface area contributed by atoms with Crippen molar-refractivity contribution in [3.8, 4) is 11.1 Å². The van der Waals surface area contributed by atoms with Gasteiger partial charge in [-0.2, -0.15) is 0 Å². The van der Waals surface area contributed by atoms with E-state index < -0.39 is 0 Å². The molecule has 1 aromatic heterocycles. The van der Waals surface area contributed by atoms with Crippen LogP contribution in [0.3, 0.4) is 0 Å². The number of hydrogen-bond donors (Lipinski definition) is 0. The highest BCUT2D eigenvalue weighted by atomic mass is 31.0. The van der Waals surface area contributed by atoms with E-state index in [1.54, 1.807) is 0 Å². The number of rotatable bonds is 4. The smallest absolute Gasteiger partial charge is 0.344 e. The molecule has 3 unspecified atom stereocenters. The van der Waals surface area contributed by atoms with Crippen molar-refractivity contribution in [3.05, 3.63) is 69.6 Å². The summed E-state index contributed by atoms with van der Waals surface area (Å²) < 4.78 is 5.57. The van der Waals surface area contributed by atoms with E-state index in [4.69, 9.17) is 4.42 Å². The third-order valence-corrected chi connectivity index (χ3v) is 5.37. The molecule has 0 aliphatic carbocycles. The fourth-order valence-electron chi connectivity index (χ4n) is 2.75. The number of hydrogen-bond acceptors (Lipinski definition) is 2. The zero-order valence-electron chi connectivity index (χ0n) is 12.7. The van der Waals surface area contributed by atoms with Crippen LogP contribution >= 0.6 is 27.7 Å². The average molecular weight is 360 g/mol. The van der Waals surface area contributed by atoms with Crippen LogP contribution in [0.25, 0.3) is 22.1 Å². The molecule has 3 aromatic rings. The monoisotopic (exact) mass is 360 g/mol. The van der Waals surface area contributed by atoms with Crippen molar-refractivity contribution in [2.75, 3.05) is 0 Å². The molecule has 3 rings (SSSR count). The molecule has 0 radical (unpaired) electrons. The second kappa shape index (κ2) is 7.23. The summed E-state index contributed by atoms with van der Waals surface area (Å²) in [5.41, 5.74) is 5.58. The molecule has 0 spiro atoms. The SMILES string of the molecule is O=c1oc2ccc(CP)c(CP)c2cc1-c1ccc(CP)cc1. The van der Waals surface area contributed by atoms with Crippen molar-refractivity contribution in [2.45, 2.75) is 18.5 Å². The molecule has 0 saturated heterocycles. The molecule has 118 valence electrons.